The lowest BCUT2D eigenvalue weighted by molar-refractivity contribution is -0.122. The Balaban J connectivity index is 2.10. The fourth-order valence-corrected chi connectivity index (χ4v) is 1.99. The average Bonchev–Trinajstić information content (AvgIpc) is 2.94. The van der Waals surface area contributed by atoms with Crippen molar-refractivity contribution < 1.29 is 4.79 Å². The van der Waals surface area contributed by atoms with Gasteiger partial charge >= 0.3 is 0 Å². The Bertz CT molecular complexity index is 168. The second kappa shape index (κ2) is 5.63. The van der Waals surface area contributed by atoms with E-state index in [0.717, 1.165) is 37.6 Å². The van der Waals surface area contributed by atoms with Gasteiger partial charge in [0.25, 0.3) is 0 Å². The molecule has 76 valence electrons. The molecule has 0 radical (unpaired) electrons. The number of amides is 1. The van der Waals surface area contributed by atoms with Gasteiger partial charge in [-0.05, 0) is 25.2 Å². The van der Waals surface area contributed by atoms with Crippen LogP contribution in [0.25, 0.3) is 0 Å². The van der Waals surface area contributed by atoms with Crippen LogP contribution < -0.4 is 5.32 Å². The van der Waals surface area contributed by atoms with Crippen LogP contribution in [-0.2, 0) is 4.79 Å². The largest absolute Gasteiger partial charge is 0.356 e. The second-order valence-corrected chi connectivity index (χ2v) is 4.56. The monoisotopic (exact) mass is 247 g/mol. The van der Waals surface area contributed by atoms with Gasteiger partial charge in [-0.1, -0.05) is 29.3 Å². The molecule has 1 aliphatic carbocycles. The summed E-state index contributed by atoms with van der Waals surface area (Å²) in [4.78, 5) is 11.3. The van der Waals surface area contributed by atoms with Crippen molar-refractivity contribution in [3.63, 3.8) is 0 Å². The van der Waals surface area contributed by atoms with Gasteiger partial charge in [-0.25, -0.2) is 0 Å². The minimum Gasteiger partial charge on any atom is -0.356 e. The van der Waals surface area contributed by atoms with Crippen LogP contribution >= 0.6 is 15.9 Å². The Labute approximate surface area is 88.6 Å². The van der Waals surface area contributed by atoms with E-state index in [2.05, 4.69) is 28.2 Å². The fourth-order valence-electron chi connectivity index (χ4n) is 1.34. The lowest BCUT2D eigenvalue weighted by Crippen LogP contribution is -2.30. The molecule has 1 atom stereocenters. The van der Waals surface area contributed by atoms with Crippen LogP contribution in [0.3, 0.4) is 0 Å². The second-order valence-electron chi connectivity index (χ2n) is 3.77. The molecule has 0 aromatic carbocycles. The van der Waals surface area contributed by atoms with E-state index in [1.165, 1.54) is 0 Å². The molecular formula is C10H18BrNO. The van der Waals surface area contributed by atoms with Gasteiger partial charge in [0.1, 0.15) is 0 Å². The van der Waals surface area contributed by atoms with Crippen molar-refractivity contribution in [2.24, 2.45) is 11.8 Å². The van der Waals surface area contributed by atoms with Crippen LogP contribution in [0.15, 0.2) is 0 Å². The number of rotatable bonds is 6. The molecule has 1 unspecified atom stereocenters. The normalized spacial score (nSPS) is 18.3. The van der Waals surface area contributed by atoms with Crippen LogP contribution in [0.2, 0.25) is 0 Å². The van der Waals surface area contributed by atoms with Crippen LogP contribution in [0, 0.1) is 11.8 Å². The van der Waals surface area contributed by atoms with Crippen molar-refractivity contribution in [2.75, 3.05) is 11.9 Å². The highest BCUT2D eigenvalue weighted by Gasteiger charge is 2.29. The van der Waals surface area contributed by atoms with Gasteiger partial charge in [0.05, 0.1) is 0 Å². The number of hydrogen-bond donors (Lipinski definition) is 1. The Morgan fingerprint density at radius 3 is 2.77 bits per heavy atom. The predicted octanol–water partition coefficient (Wildman–Crippen LogP) is 2.32. The molecule has 1 fully saturated rings. The minimum absolute atomic E-state index is 0.271. The Morgan fingerprint density at radius 2 is 2.31 bits per heavy atom. The third-order valence-corrected chi connectivity index (χ3v) is 3.07. The Kier molecular flexibility index (Phi) is 4.78. The van der Waals surface area contributed by atoms with Crippen molar-refractivity contribution >= 4 is 21.8 Å². The summed E-state index contributed by atoms with van der Waals surface area (Å²) in [6.45, 7) is 3.04. The predicted molar refractivity (Wildman–Crippen MR) is 57.9 cm³/mol. The summed E-state index contributed by atoms with van der Waals surface area (Å²) in [5.74, 6) is 1.26. The zero-order chi connectivity index (χ0) is 9.68. The molecule has 0 aliphatic heterocycles. The van der Waals surface area contributed by atoms with E-state index in [4.69, 9.17) is 0 Å². The van der Waals surface area contributed by atoms with Gasteiger partial charge in [-0.3, -0.25) is 4.79 Å². The molecule has 1 rings (SSSR count). The maximum Gasteiger partial charge on any atom is 0.223 e. The first-order valence-corrected chi connectivity index (χ1v) is 6.23. The summed E-state index contributed by atoms with van der Waals surface area (Å²) < 4.78 is 0. The number of halogens is 1. The third kappa shape index (κ3) is 4.12. The highest BCUT2D eigenvalue weighted by atomic mass is 79.9. The summed E-state index contributed by atoms with van der Waals surface area (Å²) >= 11 is 3.43. The molecule has 0 aromatic rings. The number of hydrogen-bond acceptors (Lipinski definition) is 1. The summed E-state index contributed by atoms with van der Waals surface area (Å²) in [6, 6.07) is 0. The van der Waals surface area contributed by atoms with Gasteiger partial charge in [0, 0.05) is 17.8 Å². The molecule has 13 heavy (non-hydrogen) atoms. The fraction of sp³-hybridized carbons (Fsp3) is 0.900. The molecule has 0 bridgehead atoms. The van der Waals surface area contributed by atoms with Crippen molar-refractivity contribution in [3.8, 4) is 0 Å². The lowest BCUT2D eigenvalue weighted by Gasteiger charge is -2.13. The maximum absolute atomic E-state index is 11.3. The van der Waals surface area contributed by atoms with Crippen LogP contribution in [0.5, 0.6) is 0 Å². The van der Waals surface area contributed by atoms with Crippen LogP contribution in [0.1, 0.15) is 32.6 Å². The lowest BCUT2D eigenvalue weighted by atomic mass is 10.0. The first-order valence-electron chi connectivity index (χ1n) is 5.11. The molecule has 0 spiro atoms. The number of nitrogens with one attached hydrogen (secondary N) is 1. The quantitative estimate of drug-likeness (QED) is 0.718. The third-order valence-electron chi connectivity index (χ3n) is 2.61. The Hall–Kier alpha value is -0.0500. The maximum atomic E-state index is 11.3. The van der Waals surface area contributed by atoms with Crippen molar-refractivity contribution in [1.82, 2.24) is 5.32 Å². The highest BCUT2D eigenvalue weighted by Crippen LogP contribution is 2.28. The molecule has 3 heteroatoms. The van der Waals surface area contributed by atoms with Crippen molar-refractivity contribution in [3.05, 3.63) is 0 Å². The van der Waals surface area contributed by atoms with Gasteiger partial charge in [0.2, 0.25) is 5.91 Å². The molecule has 1 N–H and O–H groups in total. The highest BCUT2D eigenvalue weighted by molar-refractivity contribution is 9.09. The van der Waals surface area contributed by atoms with Gasteiger partial charge in [0.15, 0.2) is 0 Å². The zero-order valence-corrected chi connectivity index (χ0v) is 9.77. The van der Waals surface area contributed by atoms with E-state index < -0.39 is 0 Å². The summed E-state index contributed by atoms with van der Waals surface area (Å²) in [5.41, 5.74) is 0. The Morgan fingerprint density at radius 1 is 1.62 bits per heavy atom. The molecule has 0 heterocycles. The van der Waals surface area contributed by atoms with Gasteiger partial charge in [-0.15, -0.1) is 0 Å². The zero-order valence-electron chi connectivity index (χ0n) is 8.18. The van der Waals surface area contributed by atoms with Crippen LogP contribution in [-0.4, -0.2) is 17.8 Å². The number of alkyl halides is 1. The molecule has 1 saturated carbocycles. The van der Waals surface area contributed by atoms with E-state index in [9.17, 15) is 4.79 Å². The summed E-state index contributed by atoms with van der Waals surface area (Å²) in [7, 11) is 0. The molecule has 0 aromatic heterocycles. The first-order chi connectivity index (χ1) is 6.27. The number of carbonyl (C=O) groups is 1. The van der Waals surface area contributed by atoms with Crippen molar-refractivity contribution in [1.29, 1.82) is 0 Å². The van der Waals surface area contributed by atoms with E-state index in [1.54, 1.807) is 0 Å². The van der Waals surface area contributed by atoms with Crippen LogP contribution in [0.4, 0.5) is 0 Å². The topological polar surface area (TPSA) is 29.1 Å². The van der Waals surface area contributed by atoms with E-state index >= 15 is 0 Å². The smallest absolute Gasteiger partial charge is 0.223 e. The van der Waals surface area contributed by atoms with E-state index in [1.807, 2.05) is 0 Å². The first kappa shape index (κ1) is 11.0. The minimum atomic E-state index is 0.271. The van der Waals surface area contributed by atoms with Gasteiger partial charge < -0.3 is 5.32 Å². The molecule has 2 nitrogen and oxygen atoms in total. The average molecular weight is 248 g/mol. The van der Waals surface area contributed by atoms with E-state index in [0.29, 0.717) is 11.8 Å². The molecule has 0 saturated heterocycles. The molecule has 1 amide bonds. The van der Waals surface area contributed by atoms with Crippen molar-refractivity contribution in [2.45, 2.75) is 32.6 Å². The summed E-state index contributed by atoms with van der Waals surface area (Å²) in [5, 5.41) is 4.05. The summed E-state index contributed by atoms with van der Waals surface area (Å²) in [6.07, 6.45) is 4.50. The molecular weight excluding hydrogens is 230 g/mol. The SMILES string of the molecule is CCC(CCBr)CNC(=O)C1CC1. The van der Waals surface area contributed by atoms with Gasteiger partial charge in [-0.2, -0.15) is 0 Å². The van der Waals surface area contributed by atoms with E-state index in [-0.39, 0.29) is 5.91 Å². The molecule has 1 aliphatic rings. The standard InChI is InChI=1S/C10H18BrNO/c1-2-8(5-6-11)7-12-10(13)9-3-4-9/h8-9H,2-7H2,1H3,(H,12,13). The number of carbonyl (C=O) groups excluding carboxylic acids is 1.